The van der Waals surface area contributed by atoms with Gasteiger partial charge in [0.25, 0.3) is 0 Å². The van der Waals surface area contributed by atoms with E-state index in [1.165, 1.54) is 16.7 Å². The summed E-state index contributed by atoms with van der Waals surface area (Å²) in [4.78, 5) is 0. The molecule has 1 aromatic heterocycles. The molecule has 0 fully saturated rings. The van der Waals surface area contributed by atoms with Crippen molar-refractivity contribution in [2.24, 2.45) is 7.05 Å². The lowest BCUT2D eigenvalue weighted by Gasteiger charge is -2.08. The van der Waals surface area contributed by atoms with E-state index < -0.39 is 0 Å². The van der Waals surface area contributed by atoms with Gasteiger partial charge in [-0.1, -0.05) is 38.1 Å². The first-order valence-electron chi connectivity index (χ1n) is 6.39. The third-order valence-corrected chi connectivity index (χ3v) is 2.99. The molecule has 0 saturated heterocycles. The smallest absolute Gasteiger partial charge is 0.0671 e. The quantitative estimate of drug-likeness (QED) is 0.895. The van der Waals surface area contributed by atoms with Crippen LogP contribution < -0.4 is 5.32 Å². The van der Waals surface area contributed by atoms with Gasteiger partial charge in [-0.15, -0.1) is 0 Å². The van der Waals surface area contributed by atoms with Crippen molar-refractivity contribution in [1.29, 1.82) is 0 Å². The first-order chi connectivity index (χ1) is 8.56. The molecule has 0 aliphatic heterocycles. The summed E-state index contributed by atoms with van der Waals surface area (Å²) in [6.45, 7) is 7.29. The summed E-state index contributed by atoms with van der Waals surface area (Å²) in [5, 5.41) is 7.79. The number of aromatic nitrogens is 2. The Morgan fingerprint density at radius 1 is 1.22 bits per heavy atom. The van der Waals surface area contributed by atoms with Crippen LogP contribution in [-0.4, -0.2) is 15.8 Å². The van der Waals surface area contributed by atoms with Gasteiger partial charge in [0.1, 0.15) is 0 Å². The highest BCUT2D eigenvalue weighted by molar-refractivity contribution is 5.65. The molecular formula is C15H21N3. The molecule has 3 nitrogen and oxygen atoms in total. The van der Waals surface area contributed by atoms with E-state index in [-0.39, 0.29) is 0 Å². The molecule has 3 heteroatoms. The first-order valence-corrected chi connectivity index (χ1v) is 6.39. The monoisotopic (exact) mass is 243 g/mol. The second kappa shape index (κ2) is 5.36. The molecule has 0 aliphatic carbocycles. The normalized spacial score (nSPS) is 11.2. The van der Waals surface area contributed by atoms with Crippen molar-refractivity contribution >= 4 is 0 Å². The Morgan fingerprint density at radius 3 is 2.39 bits per heavy atom. The number of nitrogens with zero attached hydrogens (tertiary/aromatic N) is 2. The van der Waals surface area contributed by atoms with Crippen molar-refractivity contribution in [2.75, 3.05) is 0 Å². The summed E-state index contributed by atoms with van der Waals surface area (Å²) in [6.07, 6.45) is 2.07. The fraction of sp³-hybridized carbons (Fsp3) is 0.400. The highest BCUT2D eigenvalue weighted by Crippen LogP contribution is 2.22. The van der Waals surface area contributed by atoms with Crippen LogP contribution in [0.25, 0.3) is 11.1 Å². The summed E-state index contributed by atoms with van der Waals surface area (Å²) < 4.78 is 1.86. The predicted octanol–water partition coefficient (Wildman–Crippen LogP) is 2.89. The Balaban J connectivity index is 2.15. The lowest BCUT2D eigenvalue weighted by atomic mass is 10.0. The van der Waals surface area contributed by atoms with Gasteiger partial charge >= 0.3 is 0 Å². The third kappa shape index (κ3) is 2.99. The van der Waals surface area contributed by atoms with E-state index in [1.54, 1.807) is 0 Å². The second-order valence-electron chi connectivity index (χ2n) is 5.03. The van der Waals surface area contributed by atoms with Gasteiger partial charge in [-0.25, -0.2) is 0 Å². The maximum Gasteiger partial charge on any atom is 0.0671 e. The van der Waals surface area contributed by atoms with E-state index in [0.29, 0.717) is 6.04 Å². The second-order valence-corrected chi connectivity index (χ2v) is 5.03. The average molecular weight is 243 g/mol. The zero-order valence-electron chi connectivity index (χ0n) is 11.6. The number of nitrogens with one attached hydrogen (secondary N) is 1. The number of benzene rings is 1. The summed E-state index contributed by atoms with van der Waals surface area (Å²) >= 11 is 0. The van der Waals surface area contributed by atoms with Gasteiger partial charge in [0.05, 0.1) is 5.69 Å². The minimum atomic E-state index is 0.519. The average Bonchev–Trinajstić information content (AvgIpc) is 2.66. The fourth-order valence-electron chi connectivity index (χ4n) is 2.01. The molecule has 0 saturated carbocycles. The highest BCUT2D eigenvalue weighted by atomic mass is 15.2. The van der Waals surface area contributed by atoms with Gasteiger partial charge in [0.2, 0.25) is 0 Å². The molecule has 0 unspecified atom stereocenters. The maximum atomic E-state index is 4.37. The van der Waals surface area contributed by atoms with E-state index >= 15 is 0 Å². The Morgan fingerprint density at radius 2 is 1.89 bits per heavy atom. The molecule has 1 aromatic carbocycles. The topological polar surface area (TPSA) is 29.9 Å². The molecular weight excluding hydrogens is 222 g/mol. The molecule has 0 bridgehead atoms. The van der Waals surface area contributed by atoms with Gasteiger partial charge in [-0.3, -0.25) is 4.68 Å². The lowest BCUT2D eigenvalue weighted by molar-refractivity contribution is 0.589. The van der Waals surface area contributed by atoms with Crippen molar-refractivity contribution in [3.05, 3.63) is 41.7 Å². The fourth-order valence-corrected chi connectivity index (χ4v) is 2.01. The van der Waals surface area contributed by atoms with Crippen LogP contribution in [0.2, 0.25) is 0 Å². The van der Waals surface area contributed by atoms with Crippen molar-refractivity contribution in [2.45, 2.75) is 33.4 Å². The van der Waals surface area contributed by atoms with Crippen molar-refractivity contribution in [1.82, 2.24) is 15.1 Å². The summed E-state index contributed by atoms with van der Waals surface area (Å²) in [7, 11) is 1.96. The summed E-state index contributed by atoms with van der Waals surface area (Å²) in [5.74, 6) is 0. The molecule has 1 heterocycles. The van der Waals surface area contributed by atoms with Gasteiger partial charge in [0.15, 0.2) is 0 Å². The summed E-state index contributed by atoms with van der Waals surface area (Å²) in [6, 6.07) is 9.21. The molecule has 1 N–H and O–H groups in total. The number of rotatable bonds is 4. The Kier molecular flexibility index (Phi) is 3.82. The predicted molar refractivity (Wildman–Crippen MR) is 75.4 cm³/mol. The van der Waals surface area contributed by atoms with Crippen molar-refractivity contribution in [3.8, 4) is 11.1 Å². The SMILES string of the molecule is Cc1nn(C)cc1-c1ccc(CNC(C)C)cc1. The van der Waals surface area contributed by atoms with Crippen LogP contribution in [0.5, 0.6) is 0 Å². The minimum Gasteiger partial charge on any atom is -0.310 e. The van der Waals surface area contributed by atoms with Crippen LogP contribution in [0.1, 0.15) is 25.1 Å². The maximum absolute atomic E-state index is 4.37. The van der Waals surface area contributed by atoms with Crippen molar-refractivity contribution in [3.63, 3.8) is 0 Å². The van der Waals surface area contributed by atoms with E-state index in [4.69, 9.17) is 0 Å². The highest BCUT2D eigenvalue weighted by Gasteiger charge is 2.05. The molecule has 2 aromatic rings. The molecule has 0 atom stereocenters. The van der Waals surface area contributed by atoms with Crippen LogP contribution in [0.3, 0.4) is 0 Å². The zero-order chi connectivity index (χ0) is 13.1. The molecule has 18 heavy (non-hydrogen) atoms. The largest absolute Gasteiger partial charge is 0.310 e. The van der Waals surface area contributed by atoms with Gasteiger partial charge in [0, 0.05) is 31.4 Å². The standard InChI is InChI=1S/C15H21N3/c1-11(2)16-9-13-5-7-14(8-6-13)15-10-18(4)17-12(15)3/h5-8,10-11,16H,9H2,1-4H3. The molecule has 96 valence electrons. The van der Waals surface area contributed by atoms with Crippen molar-refractivity contribution < 1.29 is 0 Å². The Bertz CT molecular complexity index is 509. The Labute approximate surface area is 109 Å². The van der Waals surface area contributed by atoms with Crippen LogP contribution in [0.15, 0.2) is 30.5 Å². The van der Waals surface area contributed by atoms with Gasteiger partial charge in [-0.05, 0) is 18.1 Å². The van der Waals surface area contributed by atoms with Crippen LogP contribution >= 0.6 is 0 Å². The number of aryl methyl sites for hydroxylation is 2. The van der Waals surface area contributed by atoms with E-state index in [0.717, 1.165) is 12.2 Å². The molecule has 0 aliphatic rings. The van der Waals surface area contributed by atoms with Crippen LogP contribution in [0.4, 0.5) is 0 Å². The van der Waals surface area contributed by atoms with Crippen LogP contribution in [0, 0.1) is 6.92 Å². The molecule has 0 radical (unpaired) electrons. The van der Waals surface area contributed by atoms with E-state index in [2.05, 4.69) is 54.7 Å². The Hall–Kier alpha value is -1.61. The number of hydrogen-bond acceptors (Lipinski definition) is 2. The summed E-state index contributed by atoms with van der Waals surface area (Å²) in [5.41, 5.74) is 4.83. The number of hydrogen-bond donors (Lipinski definition) is 1. The lowest BCUT2D eigenvalue weighted by Crippen LogP contribution is -2.21. The minimum absolute atomic E-state index is 0.519. The van der Waals surface area contributed by atoms with E-state index in [1.807, 2.05) is 18.7 Å². The zero-order valence-corrected chi connectivity index (χ0v) is 11.6. The van der Waals surface area contributed by atoms with Crippen LogP contribution in [-0.2, 0) is 13.6 Å². The van der Waals surface area contributed by atoms with Gasteiger partial charge < -0.3 is 5.32 Å². The molecule has 0 amide bonds. The molecule has 2 rings (SSSR count). The van der Waals surface area contributed by atoms with E-state index in [9.17, 15) is 0 Å². The van der Waals surface area contributed by atoms with Gasteiger partial charge in [-0.2, -0.15) is 5.10 Å². The first kappa shape index (κ1) is 12.8. The third-order valence-electron chi connectivity index (χ3n) is 2.99. The molecule has 0 spiro atoms.